The van der Waals surface area contributed by atoms with Gasteiger partial charge in [0.1, 0.15) is 23.2 Å². The molecule has 0 aliphatic carbocycles. The number of aryl methyl sites for hydroxylation is 1. The summed E-state index contributed by atoms with van der Waals surface area (Å²) in [5.74, 6) is -0.444. The molecule has 4 heterocycles. The topological polar surface area (TPSA) is 92.5 Å². The number of ether oxygens (including phenoxy) is 1. The molecule has 1 aliphatic rings. The number of fused-ring (bicyclic) bond motifs is 1. The van der Waals surface area contributed by atoms with E-state index in [1.807, 2.05) is 37.3 Å². The fraction of sp³-hybridized carbons (Fsp3) is 0.242. The van der Waals surface area contributed by atoms with E-state index in [0.717, 1.165) is 16.8 Å². The Labute approximate surface area is 247 Å². The van der Waals surface area contributed by atoms with Gasteiger partial charge in [-0.15, -0.1) is 0 Å². The van der Waals surface area contributed by atoms with Gasteiger partial charge in [-0.1, -0.05) is 18.2 Å². The molecule has 3 aromatic heterocycles. The number of aliphatic hydroxyl groups excluding tert-OH is 1. The van der Waals surface area contributed by atoms with Crippen molar-refractivity contribution < 1.29 is 18.6 Å². The molecule has 0 unspecified atom stereocenters. The van der Waals surface area contributed by atoms with Gasteiger partial charge < -0.3 is 24.6 Å². The lowest BCUT2D eigenvalue weighted by molar-refractivity contribution is 0.145. The van der Waals surface area contributed by atoms with Crippen LogP contribution in [0.4, 0.5) is 26.0 Å². The van der Waals surface area contributed by atoms with Gasteiger partial charge in [0.15, 0.2) is 0 Å². The minimum Gasteiger partial charge on any atom is -0.497 e. The van der Waals surface area contributed by atoms with Gasteiger partial charge in [-0.2, -0.15) is 0 Å². The molecule has 2 N–H and O–H groups in total. The maximum atomic E-state index is 15.1. The molecular weight excluding hydrogens is 552 g/mol. The number of anilines is 3. The van der Waals surface area contributed by atoms with Crippen LogP contribution in [0, 0.1) is 18.6 Å². The molecule has 0 amide bonds. The van der Waals surface area contributed by atoms with Crippen LogP contribution < -0.4 is 20.5 Å². The number of piperidine rings is 1. The number of nitrogens with zero attached hydrogens (tertiary/aromatic N) is 4. The van der Waals surface area contributed by atoms with Crippen molar-refractivity contribution in [1.82, 2.24) is 14.5 Å². The van der Waals surface area contributed by atoms with Gasteiger partial charge in [0, 0.05) is 31.0 Å². The average Bonchev–Trinajstić information content (AvgIpc) is 3.01. The van der Waals surface area contributed by atoms with E-state index in [-0.39, 0.29) is 40.4 Å². The van der Waals surface area contributed by atoms with Crippen LogP contribution in [0.2, 0.25) is 0 Å². The molecule has 1 fully saturated rings. The largest absolute Gasteiger partial charge is 0.497 e. The summed E-state index contributed by atoms with van der Waals surface area (Å²) in [6.07, 6.45) is 5.91. The number of benzene rings is 2. The van der Waals surface area contributed by atoms with Gasteiger partial charge in [-0.25, -0.2) is 13.8 Å². The second kappa shape index (κ2) is 11.8. The SMILES string of the molecule is COc1ccc(Cn2cc(C)c3ncc(-c4c(F)cccc4F)c(Nc4ccc(N5CCC(O)CC5)cn4)c3c2=O)cc1. The maximum Gasteiger partial charge on any atom is 0.262 e. The number of halogens is 2. The van der Waals surface area contributed by atoms with E-state index in [1.165, 1.54) is 24.4 Å². The number of pyridine rings is 3. The van der Waals surface area contributed by atoms with Crippen molar-refractivity contribution in [3.63, 3.8) is 0 Å². The molecule has 2 aromatic carbocycles. The molecule has 10 heteroatoms. The Morgan fingerprint density at radius 2 is 1.72 bits per heavy atom. The molecule has 43 heavy (non-hydrogen) atoms. The number of methoxy groups -OCH3 is 1. The molecule has 5 aromatic rings. The summed E-state index contributed by atoms with van der Waals surface area (Å²) in [7, 11) is 1.59. The highest BCUT2D eigenvalue weighted by Gasteiger charge is 2.23. The van der Waals surface area contributed by atoms with Crippen molar-refractivity contribution in [2.75, 3.05) is 30.4 Å². The molecular formula is C33H31F2N5O3. The first kappa shape index (κ1) is 28.3. The van der Waals surface area contributed by atoms with Gasteiger partial charge >= 0.3 is 0 Å². The molecule has 8 nitrogen and oxygen atoms in total. The normalized spacial score (nSPS) is 13.8. The highest BCUT2D eigenvalue weighted by Crippen LogP contribution is 2.37. The number of hydrogen-bond donors (Lipinski definition) is 2. The molecule has 0 spiro atoms. The summed E-state index contributed by atoms with van der Waals surface area (Å²) in [4.78, 5) is 25.3. The van der Waals surface area contributed by atoms with Crippen molar-refractivity contribution in [3.8, 4) is 16.9 Å². The zero-order valence-electron chi connectivity index (χ0n) is 23.8. The highest BCUT2D eigenvalue weighted by molar-refractivity contribution is 6.01. The minimum atomic E-state index is -0.772. The van der Waals surface area contributed by atoms with Gasteiger partial charge in [0.25, 0.3) is 5.56 Å². The average molecular weight is 584 g/mol. The van der Waals surface area contributed by atoms with Gasteiger partial charge in [-0.05, 0) is 67.3 Å². The summed E-state index contributed by atoms with van der Waals surface area (Å²) in [6.45, 7) is 3.55. The number of rotatable bonds is 7. The molecule has 0 bridgehead atoms. The second-order valence-electron chi connectivity index (χ2n) is 10.7. The summed E-state index contributed by atoms with van der Waals surface area (Å²) in [6, 6.07) is 14.7. The third-order valence-corrected chi connectivity index (χ3v) is 7.85. The Morgan fingerprint density at radius 3 is 2.37 bits per heavy atom. The standard InChI is InChI=1S/C33H31F2N5O3/c1-20-18-40(19-21-6-9-24(43-2)10-7-21)33(42)30-31(20)37-17-25(29-26(34)4-3-5-27(29)35)32(30)38-28-11-8-22(16-36-28)39-14-12-23(41)13-15-39/h3-11,16-18,23,41H,12-15,19H2,1-2H3,(H,36,37,38). The lowest BCUT2D eigenvalue weighted by Gasteiger charge is -2.31. The molecule has 0 radical (unpaired) electrons. The third kappa shape index (κ3) is 5.65. The molecule has 220 valence electrons. The second-order valence-corrected chi connectivity index (χ2v) is 10.7. The molecule has 1 aliphatic heterocycles. The summed E-state index contributed by atoms with van der Waals surface area (Å²) in [5.41, 5.74) is 2.59. The number of nitrogens with one attached hydrogen (secondary N) is 1. The van der Waals surface area contributed by atoms with Crippen LogP contribution in [0.25, 0.3) is 22.0 Å². The highest BCUT2D eigenvalue weighted by atomic mass is 19.1. The Bertz CT molecular complexity index is 1810. The molecule has 0 saturated carbocycles. The predicted octanol–water partition coefficient (Wildman–Crippen LogP) is 5.81. The first-order valence-electron chi connectivity index (χ1n) is 14.1. The van der Waals surface area contributed by atoms with Gasteiger partial charge in [-0.3, -0.25) is 9.78 Å². The summed E-state index contributed by atoms with van der Waals surface area (Å²) >= 11 is 0. The number of aliphatic hydroxyl groups is 1. The van der Waals surface area contributed by atoms with E-state index >= 15 is 8.78 Å². The number of aromatic nitrogens is 3. The van der Waals surface area contributed by atoms with Crippen molar-refractivity contribution >= 4 is 28.1 Å². The molecule has 6 rings (SSSR count). The van der Waals surface area contributed by atoms with Crippen LogP contribution >= 0.6 is 0 Å². The maximum absolute atomic E-state index is 15.1. The Morgan fingerprint density at radius 1 is 1.00 bits per heavy atom. The van der Waals surface area contributed by atoms with Crippen LogP contribution in [-0.2, 0) is 6.54 Å². The minimum absolute atomic E-state index is 0.109. The van der Waals surface area contributed by atoms with E-state index in [9.17, 15) is 9.90 Å². The van der Waals surface area contributed by atoms with E-state index in [1.54, 1.807) is 30.1 Å². The van der Waals surface area contributed by atoms with E-state index in [2.05, 4.69) is 20.2 Å². The zero-order valence-corrected chi connectivity index (χ0v) is 23.8. The van der Waals surface area contributed by atoms with Crippen molar-refractivity contribution in [2.45, 2.75) is 32.4 Å². The number of hydrogen-bond acceptors (Lipinski definition) is 7. The van der Waals surface area contributed by atoms with Crippen LogP contribution in [0.1, 0.15) is 24.0 Å². The fourth-order valence-electron chi connectivity index (χ4n) is 5.53. The smallest absolute Gasteiger partial charge is 0.262 e. The van der Waals surface area contributed by atoms with Crippen molar-refractivity contribution in [1.29, 1.82) is 0 Å². The summed E-state index contributed by atoms with van der Waals surface area (Å²) in [5, 5.41) is 13.3. The quantitative estimate of drug-likeness (QED) is 0.250. The third-order valence-electron chi connectivity index (χ3n) is 7.85. The fourth-order valence-corrected chi connectivity index (χ4v) is 5.53. The van der Waals surface area contributed by atoms with E-state index in [0.29, 0.717) is 43.0 Å². The Hall–Kier alpha value is -4.83. The van der Waals surface area contributed by atoms with Crippen LogP contribution in [0.3, 0.4) is 0 Å². The molecule has 0 atom stereocenters. The predicted molar refractivity (Wildman–Crippen MR) is 163 cm³/mol. The van der Waals surface area contributed by atoms with Crippen molar-refractivity contribution in [3.05, 3.63) is 106 Å². The van der Waals surface area contributed by atoms with E-state index in [4.69, 9.17) is 4.74 Å². The first-order chi connectivity index (χ1) is 20.8. The monoisotopic (exact) mass is 583 g/mol. The van der Waals surface area contributed by atoms with Crippen LogP contribution in [0.15, 0.2) is 78.0 Å². The lowest BCUT2D eigenvalue weighted by Crippen LogP contribution is -2.35. The van der Waals surface area contributed by atoms with Crippen LogP contribution in [-0.4, -0.2) is 45.9 Å². The lowest BCUT2D eigenvalue weighted by atomic mass is 10.0. The van der Waals surface area contributed by atoms with Crippen molar-refractivity contribution in [2.24, 2.45) is 0 Å². The Kier molecular flexibility index (Phi) is 7.77. The summed E-state index contributed by atoms with van der Waals surface area (Å²) < 4.78 is 37.1. The van der Waals surface area contributed by atoms with Crippen LogP contribution in [0.5, 0.6) is 5.75 Å². The zero-order chi connectivity index (χ0) is 30.1. The van der Waals surface area contributed by atoms with Gasteiger partial charge in [0.05, 0.1) is 53.8 Å². The van der Waals surface area contributed by atoms with Gasteiger partial charge in [0.2, 0.25) is 0 Å². The first-order valence-corrected chi connectivity index (χ1v) is 14.1. The van der Waals surface area contributed by atoms with E-state index < -0.39 is 11.6 Å². The molecule has 1 saturated heterocycles. The Balaban J connectivity index is 1.48.